The molecule has 3 aromatic carbocycles. The minimum atomic E-state index is -3.95. The van der Waals surface area contributed by atoms with Crippen molar-refractivity contribution in [3.63, 3.8) is 0 Å². The zero-order valence-electron chi connectivity index (χ0n) is 22.4. The smallest absolute Gasteiger partial charge is 0.244 e. The lowest BCUT2D eigenvalue weighted by Gasteiger charge is -2.35. The Kier molecular flexibility index (Phi) is 10.0. The second kappa shape index (κ2) is 12.9. The van der Waals surface area contributed by atoms with E-state index in [9.17, 15) is 18.0 Å². The van der Waals surface area contributed by atoms with Crippen LogP contribution in [0.15, 0.2) is 78.9 Å². The van der Waals surface area contributed by atoms with Crippen LogP contribution in [-0.4, -0.2) is 49.5 Å². The van der Waals surface area contributed by atoms with Gasteiger partial charge in [-0.1, -0.05) is 89.9 Å². The van der Waals surface area contributed by atoms with Crippen LogP contribution in [0.25, 0.3) is 0 Å². The van der Waals surface area contributed by atoms with Gasteiger partial charge >= 0.3 is 0 Å². The van der Waals surface area contributed by atoms with Crippen LogP contribution in [0.3, 0.4) is 0 Å². The van der Waals surface area contributed by atoms with Gasteiger partial charge in [-0.2, -0.15) is 0 Å². The van der Waals surface area contributed by atoms with Gasteiger partial charge in [-0.05, 0) is 44.0 Å². The normalized spacial score (nSPS) is 12.5. The fraction of sp³-hybridized carbons (Fsp3) is 0.310. The standard InChI is InChI=1S/C29H33Cl2N3O4S/c1-29(2,3)32-28(36)25(18-21-12-7-5-8-13-21)33(19-22-14-9-6-10-15-22)26(35)20-34(39(4,37)38)24-17-11-16-23(30)27(24)31/h5-17,25H,18-20H2,1-4H3,(H,32,36)/t25-/m0/s1. The van der Waals surface area contributed by atoms with Gasteiger partial charge in [0.25, 0.3) is 0 Å². The van der Waals surface area contributed by atoms with E-state index in [1.165, 1.54) is 17.0 Å². The molecule has 2 amide bonds. The van der Waals surface area contributed by atoms with E-state index < -0.39 is 34.1 Å². The Hall–Kier alpha value is -3.07. The topological polar surface area (TPSA) is 86.8 Å². The molecule has 0 bridgehead atoms. The molecule has 0 spiro atoms. The molecule has 1 N–H and O–H groups in total. The fourth-order valence-electron chi connectivity index (χ4n) is 4.07. The summed E-state index contributed by atoms with van der Waals surface area (Å²) >= 11 is 12.5. The van der Waals surface area contributed by atoms with Gasteiger partial charge in [0, 0.05) is 18.5 Å². The van der Waals surface area contributed by atoms with Crippen molar-refractivity contribution in [2.45, 2.75) is 45.3 Å². The van der Waals surface area contributed by atoms with Gasteiger partial charge in [-0.15, -0.1) is 0 Å². The molecule has 7 nitrogen and oxygen atoms in total. The van der Waals surface area contributed by atoms with Crippen molar-refractivity contribution in [3.8, 4) is 0 Å². The number of nitrogens with zero attached hydrogens (tertiary/aromatic N) is 2. The molecule has 3 aromatic rings. The highest BCUT2D eigenvalue weighted by molar-refractivity contribution is 7.92. The Morgan fingerprint density at radius 2 is 1.44 bits per heavy atom. The number of hydrogen-bond acceptors (Lipinski definition) is 4. The van der Waals surface area contributed by atoms with E-state index in [-0.39, 0.29) is 34.6 Å². The van der Waals surface area contributed by atoms with Crippen LogP contribution >= 0.6 is 23.2 Å². The highest BCUT2D eigenvalue weighted by Crippen LogP contribution is 2.34. The Labute approximate surface area is 240 Å². The highest BCUT2D eigenvalue weighted by atomic mass is 35.5. The molecule has 0 radical (unpaired) electrons. The minimum Gasteiger partial charge on any atom is -0.350 e. The zero-order chi connectivity index (χ0) is 28.8. The summed E-state index contributed by atoms with van der Waals surface area (Å²) in [6.45, 7) is 5.11. The first-order valence-electron chi connectivity index (χ1n) is 12.4. The third kappa shape index (κ3) is 8.71. The van der Waals surface area contributed by atoms with Crippen LogP contribution in [0, 0.1) is 0 Å². The number of hydrogen-bond donors (Lipinski definition) is 1. The molecule has 208 valence electrons. The van der Waals surface area contributed by atoms with E-state index in [1.54, 1.807) is 6.07 Å². The molecular formula is C29H33Cl2N3O4S. The van der Waals surface area contributed by atoms with Gasteiger partial charge in [0.15, 0.2) is 0 Å². The van der Waals surface area contributed by atoms with Crippen molar-refractivity contribution < 1.29 is 18.0 Å². The molecule has 0 heterocycles. The summed E-state index contributed by atoms with van der Waals surface area (Å²) in [4.78, 5) is 29.1. The van der Waals surface area contributed by atoms with Crippen LogP contribution in [0.5, 0.6) is 0 Å². The largest absolute Gasteiger partial charge is 0.350 e. The van der Waals surface area contributed by atoms with E-state index in [0.717, 1.165) is 21.7 Å². The lowest BCUT2D eigenvalue weighted by atomic mass is 10.0. The van der Waals surface area contributed by atoms with Crippen molar-refractivity contribution in [1.82, 2.24) is 10.2 Å². The number of anilines is 1. The van der Waals surface area contributed by atoms with E-state index >= 15 is 0 Å². The quantitative estimate of drug-likeness (QED) is 0.347. The molecule has 0 aliphatic heterocycles. The number of carbonyl (C=O) groups is 2. The Morgan fingerprint density at radius 3 is 1.97 bits per heavy atom. The minimum absolute atomic E-state index is 0.0123. The van der Waals surface area contributed by atoms with Crippen molar-refractivity contribution in [1.29, 1.82) is 0 Å². The van der Waals surface area contributed by atoms with Gasteiger partial charge in [0.2, 0.25) is 21.8 Å². The number of rotatable bonds is 10. The van der Waals surface area contributed by atoms with Gasteiger partial charge in [-0.3, -0.25) is 13.9 Å². The molecule has 0 saturated carbocycles. The second-order valence-electron chi connectivity index (χ2n) is 10.3. The molecule has 0 aromatic heterocycles. The fourth-order valence-corrected chi connectivity index (χ4v) is 5.37. The number of benzene rings is 3. The summed E-state index contributed by atoms with van der Waals surface area (Å²) in [6, 6.07) is 22.3. The van der Waals surface area contributed by atoms with E-state index in [2.05, 4.69) is 5.32 Å². The summed E-state index contributed by atoms with van der Waals surface area (Å²) < 4.78 is 26.7. The van der Waals surface area contributed by atoms with Crippen LogP contribution in [-0.2, 0) is 32.6 Å². The SMILES string of the molecule is CC(C)(C)NC(=O)[C@H](Cc1ccccc1)N(Cc1ccccc1)C(=O)CN(c1cccc(Cl)c1Cl)S(C)(=O)=O. The molecule has 10 heteroatoms. The monoisotopic (exact) mass is 589 g/mol. The Morgan fingerprint density at radius 1 is 0.872 bits per heavy atom. The third-order valence-electron chi connectivity index (χ3n) is 5.84. The van der Waals surface area contributed by atoms with Gasteiger partial charge in [0.1, 0.15) is 12.6 Å². The average molecular weight is 591 g/mol. The summed E-state index contributed by atoms with van der Waals surface area (Å²) in [5.74, 6) is -0.910. The first-order chi connectivity index (χ1) is 18.3. The first-order valence-corrected chi connectivity index (χ1v) is 15.0. The maximum Gasteiger partial charge on any atom is 0.244 e. The van der Waals surface area contributed by atoms with Crippen molar-refractivity contribution in [3.05, 3.63) is 100 Å². The van der Waals surface area contributed by atoms with Gasteiger partial charge in [-0.25, -0.2) is 8.42 Å². The van der Waals surface area contributed by atoms with Gasteiger partial charge < -0.3 is 10.2 Å². The lowest BCUT2D eigenvalue weighted by molar-refractivity contribution is -0.140. The molecule has 0 aliphatic rings. The predicted molar refractivity (Wildman–Crippen MR) is 157 cm³/mol. The number of sulfonamides is 1. The predicted octanol–water partition coefficient (Wildman–Crippen LogP) is 5.31. The number of nitrogens with one attached hydrogen (secondary N) is 1. The van der Waals surface area contributed by atoms with Crippen LogP contribution < -0.4 is 9.62 Å². The molecule has 0 unspecified atom stereocenters. The maximum absolute atomic E-state index is 14.0. The van der Waals surface area contributed by atoms with Crippen LogP contribution in [0.4, 0.5) is 5.69 Å². The summed E-state index contributed by atoms with van der Waals surface area (Å²) in [7, 11) is -3.95. The lowest BCUT2D eigenvalue weighted by Crippen LogP contribution is -2.56. The van der Waals surface area contributed by atoms with E-state index in [4.69, 9.17) is 23.2 Å². The Bertz CT molecular complexity index is 1400. The van der Waals surface area contributed by atoms with Crippen molar-refractivity contribution >= 4 is 50.7 Å². The highest BCUT2D eigenvalue weighted by Gasteiger charge is 2.34. The van der Waals surface area contributed by atoms with Gasteiger partial charge in [0.05, 0.1) is 22.0 Å². The van der Waals surface area contributed by atoms with E-state index in [1.807, 2.05) is 81.4 Å². The molecular weight excluding hydrogens is 557 g/mol. The first kappa shape index (κ1) is 30.5. The van der Waals surface area contributed by atoms with Crippen LogP contribution in [0.1, 0.15) is 31.9 Å². The number of halogens is 2. The Balaban J connectivity index is 2.08. The van der Waals surface area contributed by atoms with E-state index in [0.29, 0.717) is 0 Å². The molecule has 0 fully saturated rings. The summed E-state index contributed by atoms with van der Waals surface area (Å²) in [6.07, 6.45) is 1.23. The number of amides is 2. The molecule has 0 aliphatic carbocycles. The number of carbonyl (C=O) groups excluding carboxylic acids is 2. The second-order valence-corrected chi connectivity index (χ2v) is 13.0. The summed E-state index contributed by atoms with van der Waals surface area (Å²) in [5.41, 5.74) is 1.17. The maximum atomic E-state index is 14.0. The summed E-state index contributed by atoms with van der Waals surface area (Å²) in [5, 5.41) is 3.16. The van der Waals surface area contributed by atoms with Crippen molar-refractivity contribution in [2.24, 2.45) is 0 Å². The average Bonchev–Trinajstić information content (AvgIpc) is 2.86. The molecule has 39 heavy (non-hydrogen) atoms. The third-order valence-corrected chi connectivity index (χ3v) is 7.78. The molecule has 3 rings (SSSR count). The van der Waals surface area contributed by atoms with Crippen LogP contribution in [0.2, 0.25) is 10.0 Å². The van der Waals surface area contributed by atoms with Crippen molar-refractivity contribution in [2.75, 3.05) is 17.1 Å². The zero-order valence-corrected chi connectivity index (χ0v) is 24.7. The molecule has 1 atom stereocenters. The molecule has 0 saturated heterocycles.